The zero-order valence-electron chi connectivity index (χ0n) is 13.6. The number of rotatable bonds is 5. The third-order valence-corrected chi connectivity index (χ3v) is 3.49. The van der Waals surface area contributed by atoms with Crippen LogP contribution in [0, 0.1) is 12.7 Å². The zero-order chi connectivity index (χ0) is 17.6. The number of ether oxygens (including phenoxy) is 1. The topological polar surface area (TPSA) is 52.3 Å². The van der Waals surface area contributed by atoms with Crippen LogP contribution in [0.5, 0.6) is 0 Å². The van der Waals surface area contributed by atoms with Crippen LogP contribution in [0.4, 0.5) is 4.39 Å². The molecule has 5 heteroatoms. The lowest BCUT2D eigenvalue weighted by atomic mass is 10.1. The van der Waals surface area contributed by atoms with Gasteiger partial charge in [0.05, 0.1) is 5.69 Å². The Morgan fingerprint density at radius 3 is 2.76 bits per heavy atom. The number of hydrogen-bond donors (Lipinski definition) is 0. The van der Waals surface area contributed by atoms with Gasteiger partial charge in [0.2, 0.25) is 0 Å². The Bertz CT molecular complexity index is 887. The maximum absolute atomic E-state index is 13.6. The van der Waals surface area contributed by atoms with E-state index >= 15 is 0 Å². The summed E-state index contributed by atoms with van der Waals surface area (Å²) in [5, 5.41) is 0. The van der Waals surface area contributed by atoms with Gasteiger partial charge in [-0.3, -0.25) is 4.98 Å². The van der Waals surface area contributed by atoms with Gasteiger partial charge in [-0.2, -0.15) is 0 Å². The van der Waals surface area contributed by atoms with Crippen molar-refractivity contribution in [3.8, 4) is 0 Å². The molecule has 0 fully saturated rings. The number of nitrogens with zero attached hydrogens (tertiary/aromatic N) is 1. The molecule has 3 rings (SSSR count). The average Bonchev–Trinajstić information content (AvgIpc) is 3.04. The Labute approximate surface area is 144 Å². The minimum Gasteiger partial charge on any atom is -0.462 e. The van der Waals surface area contributed by atoms with Crippen LogP contribution in [0.1, 0.15) is 28.9 Å². The Morgan fingerprint density at radius 1 is 1.20 bits per heavy atom. The maximum atomic E-state index is 13.6. The Hall–Kier alpha value is -3.21. The van der Waals surface area contributed by atoms with E-state index in [9.17, 15) is 9.18 Å². The van der Waals surface area contributed by atoms with Crippen molar-refractivity contribution in [2.24, 2.45) is 0 Å². The molecule has 1 atom stereocenters. The summed E-state index contributed by atoms with van der Waals surface area (Å²) in [6, 6.07) is 14.7. The van der Waals surface area contributed by atoms with Gasteiger partial charge in [-0.15, -0.1) is 0 Å². The van der Waals surface area contributed by atoms with Gasteiger partial charge in [0.25, 0.3) is 0 Å². The second-order valence-electron chi connectivity index (χ2n) is 5.41. The third kappa shape index (κ3) is 4.41. The number of aromatic nitrogens is 1. The van der Waals surface area contributed by atoms with Gasteiger partial charge >= 0.3 is 5.97 Å². The molecular weight excluding hydrogens is 321 g/mol. The molecule has 0 radical (unpaired) electrons. The largest absolute Gasteiger partial charge is 0.462 e. The van der Waals surface area contributed by atoms with Crippen LogP contribution in [0.2, 0.25) is 0 Å². The fraction of sp³-hybridized carbons (Fsp3) is 0.100. The first-order chi connectivity index (χ1) is 12.1. The zero-order valence-corrected chi connectivity index (χ0v) is 13.6. The standard InChI is InChI=1S/C20H16FNO3/c1-14-8-9-17(24-14)10-11-19(23)25-20(18-7-2-3-12-22-18)15-5-4-6-16(21)13-15/h2-13,20H,1H3. The number of aryl methyl sites for hydroxylation is 1. The number of hydrogen-bond acceptors (Lipinski definition) is 4. The fourth-order valence-electron chi connectivity index (χ4n) is 2.35. The highest BCUT2D eigenvalue weighted by atomic mass is 19.1. The Kier molecular flexibility index (Phi) is 5.04. The molecule has 0 amide bonds. The molecule has 2 heterocycles. The van der Waals surface area contributed by atoms with E-state index in [1.165, 1.54) is 24.3 Å². The molecule has 2 aromatic heterocycles. The lowest BCUT2D eigenvalue weighted by Crippen LogP contribution is -2.12. The van der Waals surface area contributed by atoms with Gasteiger partial charge in [-0.25, -0.2) is 9.18 Å². The lowest BCUT2D eigenvalue weighted by molar-refractivity contribution is -0.141. The Balaban J connectivity index is 1.82. The molecule has 4 nitrogen and oxygen atoms in total. The molecule has 3 aromatic rings. The molecule has 0 aliphatic carbocycles. The van der Waals surface area contributed by atoms with Crippen LogP contribution < -0.4 is 0 Å². The molecule has 1 aromatic carbocycles. The molecule has 0 bridgehead atoms. The minimum atomic E-state index is -0.799. The van der Waals surface area contributed by atoms with Crippen molar-refractivity contribution in [3.63, 3.8) is 0 Å². The van der Waals surface area contributed by atoms with E-state index in [0.29, 0.717) is 17.0 Å². The summed E-state index contributed by atoms with van der Waals surface area (Å²) in [7, 11) is 0. The molecule has 1 unspecified atom stereocenters. The molecule has 0 aliphatic rings. The quantitative estimate of drug-likeness (QED) is 0.509. The first-order valence-corrected chi connectivity index (χ1v) is 7.73. The number of esters is 1. The molecule has 0 N–H and O–H groups in total. The van der Waals surface area contributed by atoms with Crippen molar-refractivity contribution in [2.75, 3.05) is 0 Å². The van der Waals surface area contributed by atoms with Crippen molar-refractivity contribution in [1.29, 1.82) is 0 Å². The molecule has 0 saturated carbocycles. The summed E-state index contributed by atoms with van der Waals surface area (Å²) in [5.74, 6) is 0.318. The van der Waals surface area contributed by atoms with Gasteiger partial charge in [-0.1, -0.05) is 18.2 Å². The smallest absolute Gasteiger partial charge is 0.331 e. The number of carbonyl (C=O) groups excluding carboxylic acids is 1. The summed E-state index contributed by atoms with van der Waals surface area (Å²) in [4.78, 5) is 16.4. The van der Waals surface area contributed by atoms with Crippen molar-refractivity contribution >= 4 is 12.0 Å². The van der Waals surface area contributed by atoms with E-state index in [2.05, 4.69) is 4.98 Å². The van der Waals surface area contributed by atoms with Crippen LogP contribution in [0.25, 0.3) is 6.08 Å². The first kappa shape index (κ1) is 16.6. The minimum absolute atomic E-state index is 0.406. The van der Waals surface area contributed by atoms with Gasteiger partial charge in [-0.05, 0) is 49.4 Å². The molecular formula is C20H16FNO3. The maximum Gasteiger partial charge on any atom is 0.331 e. The van der Waals surface area contributed by atoms with Crippen LogP contribution in [0.3, 0.4) is 0 Å². The highest BCUT2D eigenvalue weighted by molar-refractivity contribution is 5.86. The van der Waals surface area contributed by atoms with E-state index in [1.807, 2.05) is 6.92 Å². The van der Waals surface area contributed by atoms with Crippen molar-refractivity contribution < 1.29 is 18.3 Å². The summed E-state index contributed by atoms with van der Waals surface area (Å²) < 4.78 is 24.4. The van der Waals surface area contributed by atoms with E-state index in [4.69, 9.17) is 9.15 Å². The van der Waals surface area contributed by atoms with Crippen LogP contribution in [0.15, 0.2) is 71.3 Å². The summed E-state index contributed by atoms with van der Waals surface area (Å²) in [6.45, 7) is 1.82. The third-order valence-electron chi connectivity index (χ3n) is 3.49. The number of pyridine rings is 1. The van der Waals surface area contributed by atoms with E-state index in [1.54, 1.807) is 48.7 Å². The molecule has 25 heavy (non-hydrogen) atoms. The fourth-order valence-corrected chi connectivity index (χ4v) is 2.35. The normalized spacial score (nSPS) is 12.2. The molecule has 0 spiro atoms. The van der Waals surface area contributed by atoms with Crippen LogP contribution >= 0.6 is 0 Å². The molecule has 126 valence electrons. The molecule has 0 aliphatic heterocycles. The monoisotopic (exact) mass is 337 g/mol. The summed E-state index contributed by atoms with van der Waals surface area (Å²) in [6.07, 6.45) is 3.59. The average molecular weight is 337 g/mol. The SMILES string of the molecule is Cc1ccc(C=CC(=O)OC(c2cccc(F)c2)c2ccccn2)o1. The predicted octanol–water partition coefficient (Wildman–Crippen LogP) is 4.47. The van der Waals surface area contributed by atoms with Gasteiger partial charge in [0.15, 0.2) is 6.10 Å². The summed E-state index contributed by atoms with van der Waals surface area (Å²) in [5.41, 5.74) is 1.03. The number of furan rings is 1. The van der Waals surface area contributed by atoms with Gasteiger partial charge in [0, 0.05) is 17.8 Å². The highest BCUT2D eigenvalue weighted by Crippen LogP contribution is 2.25. The van der Waals surface area contributed by atoms with Crippen LogP contribution in [-0.4, -0.2) is 11.0 Å². The Morgan fingerprint density at radius 2 is 2.08 bits per heavy atom. The van der Waals surface area contributed by atoms with Crippen molar-refractivity contribution in [1.82, 2.24) is 4.98 Å². The molecule has 0 saturated heterocycles. The van der Waals surface area contributed by atoms with Crippen molar-refractivity contribution in [3.05, 3.63) is 95.5 Å². The van der Waals surface area contributed by atoms with Gasteiger partial charge < -0.3 is 9.15 Å². The highest BCUT2D eigenvalue weighted by Gasteiger charge is 2.19. The number of benzene rings is 1. The predicted molar refractivity (Wildman–Crippen MR) is 91.1 cm³/mol. The van der Waals surface area contributed by atoms with Gasteiger partial charge in [0.1, 0.15) is 17.3 Å². The second kappa shape index (κ2) is 7.57. The van der Waals surface area contributed by atoms with Crippen molar-refractivity contribution in [2.45, 2.75) is 13.0 Å². The first-order valence-electron chi connectivity index (χ1n) is 7.73. The van der Waals surface area contributed by atoms with E-state index in [-0.39, 0.29) is 0 Å². The van der Waals surface area contributed by atoms with E-state index < -0.39 is 17.9 Å². The number of halogens is 1. The number of carbonyl (C=O) groups is 1. The second-order valence-corrected chi connectivity index (χ2v) is 5.41. The van der Waals surface area contributed by atoms with Crippen LogP contribution in [-0.2, 0) is 9.53 Å². The lowest BCUT2D eigenvalue weighted by Gasteiger charge is -2.17. The van der Waals surface area contributed by atoms with E-state index in [0.717, 1.165) is 5.76 Å². The summed E-state index contributed by atoms with van der Waals surface area (Å²) >= 11 is 0.